The van der Waals surface area contributed by atoms with Crippen LogP contribution in [0.25, 0.3) is 0 Å². The zero-order chi connectivity index (χ0) is 19.4. The molecule has 0 radical (unpaired) electrons. The number of aliphatic hydroxyl groups excluding tert-OH is 1. The van der Waals surface area contributed by atoms with Gasteiger partial charge >= 0.3 is 12.1 Å². The van der Waals surface area contributed by atoms with Crippen molar-refractivity contribution in [2.24, 2.45) is 23.7 Å². The van der Waals surface area contributed by atoms with Crippen LogP contribution in [0.15, 0.2) is 0 Å². The molecule has 146 valence electrons. The van der Waals surface area contributed by atoms with E-state index in [-0.39, 0.29) is 24.9 Å². The molecule has 3 N–H and O–H groups in total. The summed E-state index contributed by atoms with van der Waals surface area (Å²) in [7, 11) is 0. The van der Waals surface area contributed by atoms with Gasteiger partial charge in [-0.15, -0.1) is 0 Å². The second-order valence-corrected chi connectivity index (χ2v) is 8.81. The van der Waals surface area contributed by atoms with Gasteiger partial charge in [-0.3, -0.25) is 0 Å². The van der Waals surface area contributed by atoms with E-state index in [1.807, 2.05) is 0 Å². The smallest absolute Gasteiger partial charge is 0.408 e. The molecule has 1 rings (SSSR count). The summed E-state index contributed by atoms with van der Waals surface area (Å²) >= 11 is 0. The van der Waals surface area contributed by atoms with Gasteiger partial charge in [-0.2, -0.15) is 0 Å². The summed E-state index contributed by atoms with van der Waals surface area (Å²) < 4.78 is 5.31. The number of carboxylic acids is 1. The zero-order valence-electron chi connectivity index (χ0n) is 16.5. The maximum atomic E-state index is 12.4. The molecule has 1 amide bonds. The first-order valence-corrected chi connectivity index (χ1v) is 9.28. The molecule has 0 bridgehead atoms. The molecule has 6 nitrogen and oxygen atoms in total. The average molecular weight is 357 g/mol. The topological polar surface area (TPSA) is 95.9 Å². The molecular weight excluding hydrogens is 322 g/mol. The number of carboxylic acid groups (broad SMARTS) is 1. The van der Waals surface area contributed by atoms with Crippen LogP contribution in [0.3, 0.4) is 0 Å². The average Bonchev–Trinajstić information content (AvgIpc) is 2.43. The van der Waals surface area contributed by atoms with Gasteiger partial charge in [0.05, 0.1) is 0 Å². The Bertz CT molecular complexity index is 471. The van der Waals surface area contributed by atoms with Crippen molar-refractivity contribution >= 4 is 12.1 Å². The monoisotopic (exact) mass is 357 g/mol. The van der Waals surface area contributed by atoms with Gasteiger partial charge in [0.15, 0.2) is 0 Å². The van der Waals surface area contributed by atoms with Crippen molar-refractivity contribution in [3.8, 4) is 0 Å². The molecule has 1 fully saturated rings. The van der Waals surface area contributed by atoms with E-state index in [1.165, 1.54) is 0 Å². The van der Waals surface area contributed by atoms with E-state index in [0.29, 0.717) is 18.3 Å². The fraction of sp³-hybridized carbons (Fsp3) is 0.895. The largest absolute Gasteiger partial charge is 0.479 e. The Labute approximate surface area is 151 Å². The maximum absolute atomic E-state index is 12.4. The van der Waals surface area contributed by atoms with Crippen molar-refractivity contribution in [3.05, 3.63) is 0 Å². The number of amides is 1. The molecule has 0 spiro atoms. The molecule has 1 saturated carbocycles. The number of hydrogen-bond donors (Lipinski definition) is 3. The SMILES string of the molecule is CC(C)[C@@H]1CC[C@@H](C)C[C@H]1C(CCO)(NC(=O)OC(C)(C)C)C(=O)O. The van der Waals surface area contributed by atoms with Gasteiger partial charge in [-0.05, 0) is 57.3 Å². The molecule has 25 heavy (non-hydrogen) atoms. The first-order valence-electron chi connectivity index (χ1n) is 9.28. The number of ether oxygens (including phenoxy) is 1. The van der Waals surface area contributed by atoms with Crippen molar-refractivity contribution in [2.75, 3.05) is 6.61 Å². The summed E-state index contributed by atoms with van der Waals surface area (Å²) in [5.41, 5.74) is -2.23. The molecule has 1 aliphatic rings. The third-order valence-corrected chi connectivity index (χ3v) is 5.27. The number of rotatable bonds is 6. The number of alkyl carbamates (subject to hydrolysis) is 1. The number of nitrogens with one attached hydrogen (secondary N) is 1. The van der Waals surface area contributed by atoms with Crippen molar-refractivity contribution in [1.29, 1.82) is 0 Å². The quantitative estimate of drug-likeness (QED) is 0.677. The fourth-order valence-electron chi connectivity index (χ4n) is 4.09. The number of aliphatic hydroxyl groups is 1. The summed E-state index contributed by atoms with van der Waals surface area (Å²) in [6.45, 7) is 11.2. The molecule has 0 heterocycles. The highest BCUT2D eigenvalue weighted by Crippen LogP contribution is 2.45. The molecule has 4 atom stereocenters. The molecular formula is C19H35NO5. The van der Waals surface area contributed by atoms with Gasteiger partial charge in [0.25, 0.3) is 0 Å². The van der Waals surface area contributed by atoms with Gasteiger partial charge in [0.2, 0.25) is 0 Å². The van der Waals surface area contributed by atoms with E-state index in [0.717, 1.165) is 12.8 Å². The number of hydrogen-bond acceptors (Lipinski definition) is 4. The van der Waals surface area contributed by atoms with Gasteiger partial charge in [-0.25, -0.2) is 9.59 Å². The normalized spacial score (nSPS) is 26.8. The lowest BCUT2D eigenvalue weighted by Crippen LogP contribution is -2.63. The number of carbonyl (C=O) groups is 2. The van der Waals surface area contributed by atoms with Crippen molar-refractivity contribution in [2.45, 2.75) is 78.4 Å². The Morgan fingerprint density at radius 2 is 1.84 bits per heavy atom. The lowest BCUT2D eigenvalue weighted by Gasteiger charge is -2.47. The Kier molecular flexibility index (Phi) is 7.29. The summed E-state index contributed by atoms with van der Waals surface area (Å²) in [5.74, 6) is -0.479. The van der Waals surface area contributed by atoms with Crippen molar-refractivity contribution in [3.63, 3.8) is 0 Å². The molecule has 1 aliphatic carbocycles. The van der Waals surface area contributed by atoms with E-state index < -0.39 is 23.2 Å². The van der Waals surface area contributed by atoms with E-state index in [2.05, 4.69) is 26.1 Å². The third kappa shape index (κ3) is 5.59. The Hall–Kier alpha value is -1.30. The molecule has 0 saturated heterocycles. The highest BCUT2D eigenvalue weighted by atomic mass is 16.6. The molecule has 0 aromatic heterocycles. The van der Waals surface area contributed by atoms with Crippen LogP contribution in [0.1, 0.15) is 67.2 Å². The van der Waals surface area contributed by atoms with Crippen LogP contribution in [0.4, 0.5) is 4.79 Å². The fourth-order valence-corrected chi connectivity index (χ4v) is 4.09. The van der Waals surface area contributed by atoms with E-state index in [9.17, 15) is 19.8 Å². The molecule has 0 aromatic rings. The predicted molar refractivity (Wildman–Crippen MR) is 96.3 cm³/mol. The standard InChI is InChI=1S/C19H35NO5/c1-12(2)14-8-7-13(3)11-15(14)19(9-10-21,16(22)23)20-17(24)25-18(4,5)6/h12-15,21H,7-11H2,1-6H3,(H,20,24)(H,22,23)/t13-,14+,15-,19?/m1/s1. The number of aliphatic carboxylic acids is 1. The van der Waals surface area contributed by atoms with E-state index >= 15 is 0 Å². The molecule has 0 aromatic carbocycles. The lowest BCUT2D eigenvalue weighted by atomic mass is 9.61. The molecule has 1 unspecified atom stereocenters. The van der Waals surface area contributed by atoms with Crippen molar-refractivity contribution in [1.82, 2.24) is 5.32 Å². The zero-order valence-corrected chi connectivity index (χ0v) is 16.5. The Balaban J connectivity index is 3.24. The Morgan fingerprint density at radius 3 is 2.28 bits per heavy atom. The first kappa shape index (κ1) is 21.7. The highest BCUT2D eigenvalue weighted by Gasteiger charge is 2.52. The highest BCUT2D eigenvalue weighted by molar-refractivity contribution is 5.85. The Morgan fingerprint density at radius 1 is 1.24 bits per heavy atom. The van der Waals surface area contributed by atoms with E-state index in [1.54, 1.807) is 20.8 Å². The maximum Gasteiger partial charge on any atom is 0.408 e. The second-order valence-electron chi connectivity index (χ2n) is 8.81. The second kappa shape index (κ2) is 8.39. The minimum Gasteiger partial charge on any atom is -0.479 e. The van der Waals surface area contributed by atoms with Gasteiger partial charge in [0, 0.05) is 13.0 Å². The van der Waals surface area contributed by atoms with Crippen LogP contribution in [-0.4, -0.2) is 40.0 Å². The number of carbonyl (C=O) groups excluding carboxylic acids is 1. The van der Waals surface area contributed by atoms with Crippen LogP contribution >= 0.6 is 0 Å². The minimum absolute atomic E-state index is 0.0256. The van der Waals surface area contributed by atoms with Crippen LogP contribution in [0, 0.1) is 23.7 Å². The third-order valence-electron chi connectivity index (χ3n) is 5.27. The van der Waals surface area contributed by atoms with Gasteiger partial charge in [0.1, 0.15) is 11.1 Å². The lowest BCUT2D eigenvalue weighted by molar-refractivity contribution is -0.151. The minimum atomic E-state index is -1.51. The van der Waals surface area contributed by atoms with Crippen molar-refractivity contribution < 1.29 is 24.5 Å². The molecule has 0 aliphatic heterocycles. The van der Waals surface area contributed by atoms with E-state index in [4.69, 9.17) is 4.74 Å². The summed E-state index contributed by atoms with van der Waals surface area (Å²) in [6, 6.07) is 0. The first-order chi connectivity index (χ1) is 11.4. The predicted octanol–water partition coefficient (Wildman–Crippen LogP) is 3.43. The van der Waals surface area contributed by atoms with Crippen LogP contribution < -0.4 is 5.32 Å². The van der Waals surface area contributed by atoms with Crippen LogP contribution in [-0.2, 0) is 9.53 Å². The summed E-state index contributed by atoms with van der Waals surface area (Å²) in [6.07, 6.45) is 1.93. The van der Waals surface area contributed by atoms with Crippen LogP contribution in [0.2, 0.25) is 0 Å². The molecule has 6 heteroatoms. The van der Waals surface area contributed by atoms with Gasteiger partial charge in [-0.1, -0.05) is 27.2 Å². The summed E-state index contributed by atoms with van der Waals surface area (Å²) in [4.78, 5) is 24.7. The van der Waals surface area contributed by atoms with Crippen LogP contribution in [0.5, 0.6) is 0 Å². The van der Waals surface area contributed by atoms with Gasteiger partial charge < -0.3 is 20.3 Å². The summed E-state index contributed by atoms with van der Waals surface area (Å²) in [5, 5.41) is 22.3.